The molecule has 1 saturated heterocycles. The van der Waals surface area contributed by atoms with Gasteiger partial charge in [-0.25, -0.2) is 0 Å². The zero-order chi connectivity index (χ0) is 23.4. The summed E-state index contributed by atoms with van der Waals surface area (Å²) in [5.74, 6) is -0.157. The van der Waals surface area contributed by atoms with E-state index in [9.17, 15) is 14.4 Å². The van der Waals surface area contributed by atoms with E-state index in [0.29, 0.717) is 36.3 Å². The van der Waals surface area contributed by atoms with Crippen LogP contribution in [0.5, 0.6) is 5.75 Å². The molecule has 0 aliphatic carbocycles. The Bertz CT molecular complexity index is 1050. The van der Waals surface area contributed by atoms with E-state index in [0.717, 1.165) is 24.2 Å². The topological polar surface area (TPSA) is 99.2 Å². The second-order valence-electron chi connectivity index (χ2n) is 8.36. The van der Waals surface area contributed by atoms with E-state index in [1.807, 2.05) is 35.2 Å². The number of imide groups is 1. The number of hydrogen-bond donors (Lipinski definition) is 2. The minimum absolute atomic E-state index is 0.0938. The molecule has 1 atom stereocenters. The molecule has 4 rings (SSSR count). The quantitative estimate of drug-likeness (QED) is 0.595. The number of hydrogen-bond acceptors (Lipinski definition) is 6. The number of nitrogens with one attached hydrogen (secondary N) is 1. The summed E-state index contributed by atoms with van der Waals surface area (Å²) >= 11 is 0. The van der Waals surface area contributed by atoms with E-state index in [-0.39, 0.29) is 43.3 Å². The van der Waals surface area contributed by atoms with Crippen molar-refractivity contribution >= 4 is 23.4 Å². The fourth-order valence-electron chi connectivity index (χ4n) is 4.58. The van der Waals surface area contributed by atoms with Gasteiger partial charge in [0.15, 0.2) is 0 Å². The maximum atomic E-state index is 13.3. The van der Waals surface area contributed by atoms with Crippen molar-refractivity contribution in [1.82, 2.24) is 10.2 Å². The van der Waals surface area contributed by atoms with E-state index in [4.69, 9.17) is 9.84 Å². The highest BCUT2D eigenvalue weighted by Gasteiger charge is 2.39. The van der Waals surface area contributed by atoms with Crippen molar-refractivity contribution in [2.45, 2.75) is 19.3 Å². The zero-order valence-electron chi connectivity index (χ0n) is 18.8. The fourth-order valence-corrected chi connectivity index (χ4v) is 4.58. The number of anilines is 1. The first-order valence-corrected chi connectivity index (χ1v) is 11.3. The molecule has 33 heavy (non-hydrogen) atoms. The number of nitrogens with zero attached hydrogens (tertiary/aromatic N) is 2. The molecule has 2 aliphatic heterocycles. The molecule has 2 N–H and O–H groups in total. The van der Waals surface area contributed by atoms with E-state index < -0.39 is 0 Å². The molecule has 0 saturated carbocycles. The van der Waals surface area contributed by atoms with Crippen LogP contribution in [0, 0.1) is 5.92 Å². The summed E-state index contributed by atoms with van der Waals surface area (Å²) in [5.41, 5.74) is 2.52. The van der Waals surface area contributed by atoms with Gasteiger partial charge in [0.1, 0.15) is 5.75 Å². The van der Waals surface area contributed by atoms with Crippen LogP contribution in [0.15, 0.2) is 42.5 Å². The SMILES string of the molecule is COc1cccc(CCN2C(=O)c3cccc(N4CCC[C@@H](C(=O)NCCO)C4)c3C2=O)c1. The number of ether oxygens (including phenoxy) is 1. The third-order valence-corrected chi connectivity index (χ3v) is 6.28. The van der Waals surface area contributed by atoms with E-state index in [2.05, 4.69) is 5.32 Å². The highest BCUT2D eigenvalue weighted by molar-refractivity contribution is 6.23. The Balaban J connectivity index is 1.51. The Kier molecular flexibility index (Phi) is 6.93. The van der Waals surface area contributed by atoms with Gasteiger partial charge in [-0.2, -0.15) is 0 Å². The molecule has 2 aromatic rings. The number of carbonyl (C=O) groups excluding carboxylic acids is 3. The average molecular weight is 452 g/mol. The number of amides is 3. The predicted molar refractivity (Wildman–Crippen MR) is 124 cm³/mol. The van der Waals surface area contributed by atoms with Gasteiger partial charge in [0, 0.05) is 26.2 Å². The third kappa shape index (κ3) is 4.71. The lowest BCUT2D eigenvalue weighted by atomic mass is 9.95. The predicted octanol–water partition coefficient (Wildman–Crippen LogP) is 1.86. The van der Waals surface area contributed by atoms with Crippen LogP contribution in [0.3, 0.4) is 0 Å². The molecule has 0 radical (unpaired) electrons. The monoisotopic (exact) mass is 451 g/mol. The van der Waals surface area contributed by atoms with Crippen molar-refractivity contribution < 1.29 is 24.2 Å². The molecule has 2 aromatic carbocycles. The first-order valence-electron chi connectivity index (χ1n) is 11.3. The van der Waals surface area contributed by atoms with Gasteiger partial charge >= 0.3 is 0 Å². The van der Waals surface area contributed by atoms with Crippen LogP contribution in [-0.2, 0) is 11.2 Å². The number of fused-ring (bicyclic) bond motifs is 1. The standard InChI is InChI=1S/C25H29N3O5/c1-33-19-7-2-5-17(15-19)10-13-28-24(31)20-8-3-9-21(22(20)25(28)32)27-12-4-6-18(16-27)23(30)26-11-14-29/h2-3,5,7-9,15,18,29H,4,6,10-14,16H2,1H3,(H,26,30)/t18-/m1/s1. The minimum Gasteiger partial charge on any atom is -0.497 e. The molecule has 8 heteroatoms. The zero-order valence-corrected chi connectivity index (χ0v) is 18.8. The maximum absolute atomic E-state index is 13.3. The number of aliphatic hydroxyl groups is 1. The number of piperidine rings is 1. The lowest BCUT2D eigenvalue weighted by Gasteiger charge is -2.34. The molecule has 8 nitrogen and oxygen atoms in total. The van der Waals surface area contributed by atoms with Gasteiger partial charge in [0.25, 0.3) is 11.8 Å². The first-order chi connectivity index (χ1) is 16.0. The lowest BCUT2D eigenvalue weighted by Crippen LogP contribution is -2.44. The molecule has 2 aliphatic rings. The fraction of sp³-hybridized carbons (Fsp3) is 0.400. The van der Waals surface area contributed by atoms with Crippen molar-refractivity contribution in [3.05, 3.63) is 59.2 Å². The molecule has 174 valence electrons. The molecule has 0 bridgehead atoms. The maximum Gasteiger partial charge on any atom is 0.263 e. The third-order valence-electron chi connectivity index (χ3n) is 6.28. The van der Waals surface area contributed by atoms with Gasteiger partial charge in [-0.15, -0.1) is 0 Å². The summed E-state index contributed by atoms with van der Waals surface area (Å²) in [6, 6.07) is 12.9. The van der Waals surface area contributed by atoms with Crippen molar-refractivity contribution in [1.29, 1.82) is 0 Å². The Morgan fingerprint density at radius 3 is 2.79 bits per heavy atom. The second-order valence-corrected chi connectivity index (χ2v) is 8.36. The molecule has 0 spiro atoms. The highest BCUT2D eigenvalue weighted by Crippen LogP contribution is 2.34. The summed E-state index contributed by atoms with van der Waals surface area (Å²) in [7, 11) is 1.60. The number of carbonyl (C=O) groups is 3. The molecule has 0 aromatic heterocycles. The molecule has 0 unspecified atom stereocenters. The van der Waals surface area contributed by atoms with Crippen LogP contribution < -0.4 is 15.0 Å². The van der Waals surface area contributed by atoms with Gasteiger partial charge in [0.05, 0.1) is 36.4 Å². The normalized spacial score (nSPS) is 17.8. The van der Waals surface area contributed by atoms with Gasteiger partial charge < -0.3 is 20.1 Å². The lowest BCUT2D eigenvalue weighted by molar-refractivity contribution is -0.125. The van der Waals surface area contributed by atoms with E-state index >= 15 is 0 Å². The van der Waals surface area contributed by atoms with Crippen LogP contribution in [0.2, 0.25) is 0 Å². The van der Waals surface area contributed by atoms with Crippen LogP contribution in [0.4, 0.5) is 5.69 Å². The number of methoxy groups -OCH3 is 1. The molecule has 1 fully saturated rings. The Hall–Kier alpha value is -3.39. The molecular formula is C25H29N3O5. The van der Waals surface area contributed by atoms with Crippen LogP contribution in [0.25, 0.3) is 0 Å². The van der Waals surface area contributed by atoms with Crippen LogP contribution in [-0.4, -0.2) is 67.6 Å². The largest absolute Gasteiger partial charge is 0.497 e. The average Bonchev–Trinajstić information content (AvgIpc) is 3.10. The molecule has 2 heterocycles. The van der Waals surface area contributed by atoms with E-state index in [1.165, 1.54) is 4.90 Å². The number of benzene rings is 2. The summed E-state index contributed by atoms with van der Waals surface area (Å²) in [5, 5.41) is 11.7. The van der Waals surface area contributed by atoms with Crippen molar-refractivity contribution in [3.8, 4) is 5.75 Å². The summed E-state index contributed by atoms with van der Waals surface area (Å²) in [6.45, 7) is 1.59. The Morgan fingerprint density at radius 1 is 1.18 bits per heavy atom. The first kappa shape index (κ1) is 22.8. The molecular weight excluding hydrogens is 422 g/mol. The summed E-state index contributed by atoms with van der Waals surface area (Å²) < 4.78 is 5.26. The number of rotatable bonds is 8. The Labute approximate surface area is 193 Å². The van der Waals surface area contributed by atoms with Crippen LogP contribution in [0.1, 0.15) is 39.1 Å². The highest BCUT2D eigenvalue weighted by atomic mass is 16.5. The Morgan fingerprint density at radius 2 is 2.00 bits per heavy atom. The van der Waals surface area contributed by atoms with Gasteiger partial charge in [-0.3, -0.25) is 19.3 Å². The van der Waals surface area contributed by atoms with Crippen molar-refractivity contribution in [2.75, 3.05) is 44.8 Å². The minimum atomic E-state index is -0.291. The molecule has 3 amide bonds. The smallest absolute Gasteiger partial charge is 0.263 e. The van der Waals surface area contributed by atoms with Crippen LogP contribution >= 0.6 is 0 Å². The summed E-state index contributed by atoms with van der Waals surface area (Å²) in [4.78, 5) is 42.1. The number of aliphatic hydroxyl groups excluding tert-OH is 1. The second kappa shape index (κ2) is 10.0. The van der Waals surface area contributed by atoms with Crippen molar-refractivity contribution in [3.63, 3.8) is 0 Å². The van der Waals surface area contributed by atoms with E-state index in [1.54, 1.807) is 19.2 Å². The van der Waals surface area contributed by atoms with Gasteiger partial charge in [0.2, 0.25) is 5.91 Å². The van der Waals surface area contributed by atoms with Crippen molar-refractivity contribution in [2.24, 2.45) is 5.92 Å². The summed E-state index contributed by atoms with van der Waals surface area (Å²) in [6.07, 6.45) is 2.10. The van der Waals surface area contributed by atoms with Gasteiger partial charge in [-0.05, 0) is 49.1 Å². The van der Waals surface area contributed by atoms with Gasteiger partial charge in [-0.1, -0.05) is 18.2 Å².